The molecule has 1 fully saturated rings. The molecule has 5 N–H and O–H groups in total. The van der Waals surface area contributed by atoms with E-state index in [4.69, 9.17) is 15.6 Å². The van der Waals surface area contributed by atoms with Crippen molar-refractivity contribution < 1.29 is 20.1 Å². The maximum Gasteiger partial charge on any atom is 0.238 e. The summed E-state index contributed by atoms with van der Waals surface area (Å²) in [6.45, 7) is 1.03. The number of fused-ring (bicyclic) bond motifs is 1. The van der Waals surface area contributed by atoms with E-state index in [9.17, 15) is 10.2 Å². The van der Waals surface area contributed by atoms with Crippen LogP contribution in [0.15, 0.2) is 12.5 Å². The summed E-state index contributed by atoms with van der Waals surface area (Å²) in [5, 5.41) is 29.5. The first-order valence-electron chi connectivity index (χ1n) is 6.07. The SMILES string of the molecule is C[C@@]1(O)[C@H](O)[C@@H](CO)O[C@H]1c1cn2c(N)ncnc2n1. The summed E-state index contributed by atoms with van der Waals surface area (Å²) in [4.78, 5) is 12.0. The molecular weight excluding hydrogens is 266 g/mol. The lowest BCUT2D eigenvalue weighted by molar-refractivity contribution is -0.0658. The van der Waals surface area contributed by atoms with Gasteiger partial charge in [-0.05, 0) is 6.92 Å². The molecule has 9 heteroatoms. The van der Waals surface area contributed by atoms with Crippen molar-refractivity contribution in [3.63, 3.8) is 0 Å². The highest BCUT2D eigenvalue weighted by molar-refractivity contribution is 5.38. The summed E-state index contributed by atoms with van der Waals surface area (Å²) in [6.07, 6.45) is -0.166. The highest BCUT2D eigenvalue weighted by Crippen LogP contribution is 2.40. The first kappa shape index (κ1) is 13.2. The van der Waals surface area contributed by atoms with E-state index < -0.39 is 30.5 Å². The Morgan fingerprint density at radius 3 is 2.85 bits per heavy atom. The van der Waals surface area contributed by atoms with Crippen molar-refractivity contribution in [3.8, 4) is 0 Å². The van der Waals surface area contributed by atoms with E-state index in [-0.39, 0.29) is 5.95 Å². The minimum absolute atomic E-state index is 0.200. The lowest BCUT2D eigenvalue weighted by Crippen LogP contribution is -2.43. The van der Waals surface area contributed by atoms with Gasteiger partial charge < -0.3 is 25.8 Å². The zero-order valence-corrected chi connectivity index (χ0v) is 10.7. The molecule has 0 aliphatic carbocycles. The van der Waals surface area contributed by atoms with Crippen LogP contribution in [0.1, 0.15) is 18.7 Å². The quantitative estimate of drug-likeness (QED) is 0.508. The third-order valence-electron chi connectivity index (χ3n) is 3.56. The number of anilines is 1. The van der Waals surface area contributed by atoms with Crippen LogP contribution in [0.3, 0.4) is 0 Å². The summed E-state index contributed by atoms with van der Waals surface area (Å²) in [5.74, 6) is 0.513. The van der Waals surface area contributed by atoms with Crippen molar-refractivity contribution in [1.29, 1.82) is 0 Å². The van der Waals surface area contributed by atoms with Crippen LogP contribution < -0.4 is 5.73 Å². The molecule has 9 nitrogen and oxygen atoms in total. The summed E-state index contributed by atoms with van der Waals surface area (Å²) < 4.78 is 6.93. The first-order chi connectivity index (χ1) is 9.45. The Balaban J connectivity index is 2.05. The van der Waals surface area contributed by atoms with E-state index in [0.717, 1.165) is 0 Å². The molecule has 0 spiro atoms. The molecule has 20 heavy (non-hydrogen) atoms. The molecule has 1 saturated heterocycles. The Morgan fingerprint density at radius 2 is 2.25 bits per heavy atom. The summed E-state index contributed by atoms with van der Waals surface area (Å²) >= 11 is 0. The lowest BCUT2D eigenvalue weighted by Gasteiger charge is -2.25. The Kier molecular flexibility index (Phi) is 2.87. The van der Waals surface area contributed by atoms with Gasteiger partial charge in [-0.3, -0.25) is 4.40 Å². The molecule has 0 saturated carbocycles. The van der Waals surface area contributed by atoms with Crippen molar-refractivity contribution in [2.45, 2.75) is 30.8 Å². The van der Waals surface area contributed by atoms with E-state index in [1.54, 1.807) is 0 Å². The standard InChI is InChI=1S/C11H15N5O4/c1-11(19)7(18)6(3-17)20-8(11)5-2-16-9(12)13-4-14-10(16)15-5/h2,4,6-8,17-19H,3H2,1H3,(H2,12,13,14,15)/t6-,7-,8+,11-/m1/s1. The van der Waals surface area contributed by atoms with Crippen molar-refractivity contribution >= 4 is 11.7 Å². The highest BCUT2D eigenvalue weighted by Gasteiger charge is 2.53. The van der Waals surface area contributed by atoms with Crippen LogP contribution in [0.5, 0.6) is 0 Å². The van der Waals surface area contributed by atoms with Gasteiger partial charge >= 0.3 is 0 Å². The van der Waals surface area contributed by atoms with E-state index in [0.29, 0.717) is 11.5 Å². The van der Waals surface area contributed by atoms with Crippen LogP contribution in [0.25, 0.3) is 5.78 Å². The Labute approximate surface area is 113 Å². The number of nitrogens with two attached hydrogens (primary N) is 1. The number of imidazole rings is 1. The van der Waals surface area contributed by atoms with Gasteiger partial charge in [-0.2, -0.15) is 0 Å². The molecule has 0 bridgehead atoms. The van der Waals surface area contributed by atoms with Gasteiger partial charge in [0.15, 0.2) is 0 Å². The first-order valence-corrected chi connectivity index (χ1v) is 6.07. The fourth-order valence-electron chi connectivity index (χ4n) is 2.41. The third kappa shape index (κ3) is 1.75. The van der Waals surface area contributed by atoms with Crippen LogP contribution in [0.4, 0.5) is 5.95 Å². The number of aliphatic hydroxyl groups is 3. The van der Waals surface area contributed by atoms with Gasteiger partial charge in [-0.1, -0.05) is 0 Å². The van der Waals surface area contributed by atoms with E-state index >= 15 is 0 Å². The minimum atomic E-state index is -1.58. The molecule has 108 valence electrons. The highest BCUT2D eigenvalue weighted by atomic mass is 16.6. The van der Waals surface area contributed by atoms with Crippen molar-refractivity contribution in [2.24, 2.45) is 0 Å². The molecule has 0 unspecified atom stereocenters. The second-order valence-electron chi connectivity index (χ2n) is 4.98. The van der Waals surface area contributed by atoms with Gasteiger partial charge in [0, 0.05) is 6.20 Å². The fourth-order valence-corrected chi connectivity index (χ4v) is 2.41. The number of rotatable bonds is 2. The number of aliphatic hydroxyl groups excluding tert-OH is 2. The van der Waals surface area contributed by atoms with Gasteiger partial charge in [-0.25, -0.2) is 15.0 Å². The molecule has 2 aromatic rings. The summed E-state index contributed by atoms with van der Waals surface area (Å²) in [6, 6.07) is 0. The Hall–Kier alpha value is -1.81. The maximum absolute atomic E-state index is 10.4. The Bertz CT molecular complexity index is 643. The van der Waals surface area contributed by atoms with Crippen LogP contribution in [-0.4, -0.2) is 59.1 Å². The number of hydrogen-bond donors (Lipinski definition) is 4. The molecule has 1 aliphatic heterocycles. The van der Waals surface area contributed by atoms with E-state index in [2.05, 4.69) is 15.0 Å². The smallest absolute Gasteiger partial charge is 0.238 e. The predicted octanol–water partition coefficient (Wildman–Crippen LogP) is -1.75. The molecule has 0 aromatic carbocycles. The van der Waals surface area contributed by atoms with E-state index in [1.165, 1.54) is 23.8 Å². The van der Waals surface area contributed by atoms with Crippen LogP contribution >= 0.6 is 0 Å². The normalized spacial score (nSPS) is 33.9. The van der Waals surface area contributed by atoms with Crippen molar-refractivity contribution in [2.75, 3.05) is 12.3 Å². The second-order valence-corrected chi connectivity index (χ2v) is 4.98. The molecule has 2 aromatic heterocycles. The van der Waals surface area contributed by atoms with Gasteiger partial charge in [-0.15, -0.1) is 0 Å². The molecule has 3 rings (SSSR count). The number of ether oxygens (including phenoxy) is 1. The molecule has 3 heterocycles. The van der Waals surface area contributed by atoms with Gasteiger partial charge in [0.25, 0.3) is 0 Å². The number of aromatic nitrogens is 4. The minimum Gasteiger partial charge on any atom is -0.394 e. The topological polar surface area (TPSA) is 139 Å². The Morgan fingerprint density at radius 1 is 1.50 bits per heavy atom. The van der Waals surface area contributed by atoms with Gasteiger partial charge in [0.2, 0.25) is 11.7 Å². The number of hydrogen-bond acceptors (Lipinski definition) is 8. The molecule has 0 radical (unpaired) electrons. The molecule has 1 aliphatic rings. The van der Waals surface area contributed by atoms with Crippen LogP contribution in [0.2, 0.25) is 0 Å². The fraction of sp³-hybridized carbons (Fsp3) is 0.545. The average Bonchev–Trinajstić information content (AvgIpc) is 2.92. The van der Waals surface area contributed by atoms with Gasteiger partial charge in [0.05, 0.1) is 12.3 Å². The average molecular weight is 281 g/mol. The summed E-state index contributed by atoms with van der Waals surface area (Å²) in [7, 11) is 0. The number of nitrogens with zero attached hydrogens (tertiary/aromatic N) is 4. The summed E-state index contributed by atoms with van der Waals surface area (Å²) in [5.41, 5.74) is 4.48. The second kappa shape index (κ2) is 4.35. The predicted molar refractivity (Wildman–Crippen MR) is 66.5 cm³/mol. The zero-order chi connectivity index (χ0) is 14.5. The lowest BCUT2D eigenvalue weighted by atomic mass is 9.91. The largest absolute Gasteiger partial charge is 0.394 e. The third-order valence-corrected chi connectivity index (χ3v) is 3.56. The van der Waals surface area contributed by atoms with E-state index in [1.807, 2.05) is 0 Å². The van der Waals surface area contributed by atoms with Crippen LogP contribution in [0, 0.1) is 0 Å². The number of nitrogen functional groups attached to an aromatic ring is 1. The van der Waals surface area contributed by atoms with Crippen molar-refractivity contribution in [1.82, 2.24) is 19.4 Å². The van der Waals surface area contributed by atoms with Gasteiger partial charge in [0.1, 0.15) is 30.2 Å². The van der Waals surface area contributed by atoms with Crippen molar-refractivity contribution in [3.05, 3.63) is 18.2 Å². The zero-order valence-electron chi connectivity index (χ0n) is 10.7. The monoisotopic (exact) mass is 281 g/mol. The molecule has 4 atom stereocenters. The van der Waals surface area contributed by atoms with Crippen LogP contribution in [-0.2, 0) is 4.74 Å². The molecular formula is C11H15N5O4. The maximum atomic E-state index is 10.4. The molecule has 0 amide bonds.